The molecule has 1 aromatic heterocycles. The lowest BCUT2D eigenvalue weighted by Gasteiger charge is -2.29. The maximum Gasteiger partial charge on any atom is 0.409 e. The first-order chi connectivity index (χ1) is 17.6. The number of aromatic nitrogens is 1. The molecule has 2 heterocycles. The third kappa shape index (κ3) is 6.68. The number of unbranched alkanes of at least 4 members (excludes halogenated alkanes) is 3. The summed E-state index contributed by atoms with van der Waals surface area (Å²) in [6, 6.07) is 10.4. The smallest absolute Gasteiger partial charge is 0.409 e. The summed E-state index contributed by atoms with van der Waals surface area (Å²) in [5, 5.41) is 0.776. The molecule has 0 unspecified atom stereocenters. The summed E-state index contributed by atoms with van der Waals surface area (Å²) in [6.45, 7) is 9.71. The maximum atomic E-state index is 12.7. The lowest BCUT2D eigenvalue weighted by atomic mass is 9.88. The van der Waals surface area contributed by atoms with Gasteiger partial charge in [-0.1, -0.05) is 56.0 Å². The van der Waals surface area contributed by atoms with Crippen LogP contribution in [0.15, 0.2) is 42.1 Å². The van der Waals surface area contributed by atoms with Gasteiger partial charge in [-0.25, -0.2) is 4.79 Å². The minimum Gasteiger partial charge on any atom is -0.449 e. The van der Waals surface area contributed by atoms with Crippen LogP contribution in [0.3, 0.4) is 0 Å². The number of carbonyl (C=O) groups excluding carboxylic acids is 1. The second-order valence-corrected chi connectivity index (χ2v) is 10.3. The van der Waals surface area contributed by atoms with Crippen molar-refractivity contribution in [2.45, 2.75) is 65.2 Å². The van der Waals surface area contributed by atoms with E-state index in [1.54, 1.807) is 0 Å². The van der Waals surface area contributed by atoms with E-state index in [2.05, 4.69) is 36.9 Å². The topological polar surface area (TPSA) is 45.7 Å². The van der Waals surface area contributed by atoms with E-state index in [0.29, 0.717) is 19.7 Å². The molecule has 0 N–H and O–H groups in total. The number of benzene rings is 1. The summed E-state index contributed by atoms with van der Waals surface area (Å²) < 4.78 is 5.61. The van der Waals surface area contributed by atoms with Crippen molar-refractivity contribution < 1.29 is 9.53 Å². The summed E-state index contributed by atoms with van der Waals surface area (Å²) in [6.07, 6.45) is 9.77. The Labute approximate surface area is 221 Å². The number of amides is 1. The van der Waals surface area contributed by atoms with E-state index < -0.39 is 0 Å². The Bertz CT molecular complexity index is 1050. The van der Waals surface area contributed by atoms with Crippen LogP contribution in [0.2, 0.25) is 5.02 Å². The van der Waals surface area contributed by atoms with Crippen LogP contribution in [0.4, 0.5) is 4.79 Å². The van der Waals surface area contributed by atoms with Gasteiger partial charge in [-0.2, -0.15) is 0 Å². The summed E-state index contributed by atoms with van der Waals surface area (Å²) in [5.74, 6) is 0. The number of aryl methyl sites for hydroxylation is 2. The maximum absolute atomic E-state index is 12.7. The van der Waals surface area contributed by atoms with E-state index in [1.807, 2.05) is 23.2 Å². The molecule has 2 aromatic rings. The van der Waals surface area contributed by atoms with Crippen molar-refractivity contribution in [1.82, 2.24) is 14.8 Å². The normalized spacial score (nSPS) is 15.5. The van der Waals surface area contributed by atoms with Crippen molar-refractivity contribution in [3.63, 3.8) is 0 Å². The molecule has 1 amide bonds. The molecule has 4 rings (SSSR count). The first-order valence-corrected chi connectivity index (χ1v) is 14.1. The van der Waals surface area contributed by atoms with Crippen molar-refractivity contribution in [3.05, 3.63) is 69.5 Å². The Balaban J connectivity index is 1.33. The number of piperidine rings is 1. The quantitative estimate of drug-likeness (QED) is 0.350. The number of likely N-dealkylation sites (tertiary alicyclic amines) is 1. The summed E-state index contributed by atoms with van der Waals surface area (Å²) in [4.78, 5) is 21.8. The van der Waals surface area contributed by atoms with E-state index in [1.165, 1.54) is 40.7 Å². The molecule has 1 aliphatic heterocycles. The monoisotopic (exact) mass is 509 g/mol. The average Bonchev–Trinajstić information content (AvgIpc) is 3.07. The fourth-order valence-corrected chi connectivity index (χ4v) is 5.62. The zero-order valence-electron chi connectivity index (χ0n) is 21.9. The average molecular weight is 510 g/mol. The molecule has 0 bridgehead atoms. The van der Waals surface area contributed by atoms with Crippen LogP contribution in [-0.4, -0.2) is 60.2 Å². The highest BCUT2D eigenvalue weighted by Crippen LogP contribution is 2.38. The molecule has 1 aromatic carbocycles. The number of ether oxygens (including phenoxy) is 1. The van der Waals surface area contributed by atoms with Crippen LogP contribution in [-0.2, 0) is 17.6 Å². The third-order valence-corrected chi connectivity index (χ3v) is 7.83. The zero-order chi connectivity index (χ0) is 25.3. The number of hydrogen-bond acceptors (Lipinski definition) is 4. The van der Waals surface area contributed by atoms with E-state index in [-0.39, 0.29) is 6.09 Å². The highest BCUT2D eigenvalue weighted by atomic mass is 35.5. The van der Waals surface area contributed by atoms with Gasteiger partial charge in [-0.05, 0) is 93.0 Å². The molecule has 0 saturated carbocycles. The van der Waals surface area contributed by atoms with Crippen molar-refractivity contribution in [2.75, 3.05) is 39.3 Å². The SMILES string of the molecule is CCN(CC)CCCCCCOC(=O)N1CCC(=C2c3ccc(Cl)cc3CCc3cccnc32)CC1. The lowest BCUT2D eigenvalue weighted by molar-refractivity contribution is 0.0978. The van der Waals surface area contributed by atoms with Crippen LogP contribution in [0.1, 0.15) is 74.8 Å². The highest BCUT2D eigenvalue weighted by Gasteiger charge is 2.27. The van der Waals surface area contributed by atoms with Gasteiger partial charge in [0.2, 0.25) is 0 Å². The van der Waals surface area contributed by atoms with Crippen LogP contribution in [0.5, 0.6) is 0 Å². The van der Waals surface area contributed by atoms with Gasteiger partial charge in [0, 0.05) is 29.9 Å². The Hall–Kier alpha value is -2.37. The van der Waals surface area contributed by atoms with E-state index in [9.17, 15) is 4.79 Å². The van der Waals surface area contributed by atoms with E-state index in [0.717, 1.165) is 68.9 Å². The molecule has 0 atom stereocenters. The molecule has 1 fully saturated rings. The first kappa shape index (κ1) is 26.7. The number of pyridine rings is 1. The molecule has 2 aliphatic rings. The molecule has 0 radical (unpaired) electrons. The molecule has 1 aliphatic carbocycles. The van der Waals surface area contributed by atoms with Gasteiger partial charge >= 0.3 is 6.09 Å². The largest absolute Gasteiger partial charge is 0.449 e. The summed E-state index contributed by atoms with van der Waals surface area (Å²) in [7, 11) is 0. The molecule has 1 saturated heterocycles. The molecule has 36 heavy (non-hydrogen) atoms. The zero-order valence-corrected chi connectivity index (χ0v) is 22.7. The first-order valence-electron chi connectivity index (χ1n) is 13.7. The standard InChI is InChI=1S/C30H40ClN3O2/c1-3-33(4-2)18-7-5-6-8-21-36-30(35)34-19-15-23(16-20-34)28-27-14-13-26(31)22-25(27)12-11-24-10-9-17-32-29(24)28/h9-10,13-14,17,22H,3-8,11-12,15-16,18-21H2,1-2H3. The fourth-order valence-electron chi connectivity index (χ4n) is 5.42. The fraction of sp³-hybridized carbons (Fsp3) is 0.533. The molecule has 6 heteroatoms. The minimum absolute atomic E-state index is 0.172. The van der Waals surface area contributed by atoms with Crippen molar-refractivity contribution in [3.8, 4) is 0 Å². The Kier molecular flexibility index (Phi) is 9.82. The number of halogens is 1. The second-order valence-electron chi connectivity index (χ2n) is 9.83. The summed E-state index contributed by atoms with van der Waals surface area (Å²) >= 11 is 6.34. The number of carbonyl (C=O) groups is 1. The number of fused-ring (bicyclic) bond motifs is 2. The molecule has 0 spiro atoms. The predicted octanol–water partition coefficient (Wildman–Crippen LogP) is 6.77. The lowest BCUT2D eigenvalue weighted by Crippen LogP contribution is -2.37. The third-order valence-electron chi connectivity index (χ3n) is 7.60. The van der Waals surface area contributed by atoms with Gasteiger partial charge in [0.15, 0.2) is 0 Å². The Morgan fingerprint density at radius 3 is 2.53 bits per heavy atom. The Morgan fingerprint density at radius 2 is 1.75 bits per heavy atom. The molecule has 5 nitrogen and oxygen atoms in total. The van der Waals surface area contributed by atoms with E-state index in [4.69, 9.17) is 21.3 Å². The van der Waals surface area contributed by atoms with Crippen molar-refractivity contribution >= 4 is 23.3 Å². The van der Waals surface area contributed by atoms with Crippen LogP contribution >= 0.6 is 11.6 Å². The number of hydrogen-bond donors (Lipinski definition) is 0. The van der Waals surface area contributed by atoms with Gasteiger partial charge in [0.1, 0.15) is 0 Å². The molecular weight excluding hydrogens is 470 g/mol. The summed E-state index contributed by atoms with van der Waals surface area (Å²) in [5.41, 5.74) is 7.51. The Morgan fingerprint density at radius 1 is 1.00 bits per heavy atom. The predicted molar refractivity (Wildman–Crippen MR) is 148 cm³/mol. The van der Waals surface area contributed by atoms with Crippen molar-refractivity contribution in [2.24, 2.45) is 0 Å². The van der Waals surface area contributed by atoms with Gasteiger partial charge in [-0.3, -0.25) is 4.98 Å². The minimum atomic E-state index is -0.172. The van der Waals surface area contributed by atoms with Gasteiger partial charge < -0.3 is 14.5 Å². The van der Waals surface area contributed by atoms with Crippen LogP contribution < -0.4 is 0 Å². The van der Waals surface area contributed by atoms with Gasteiger partial charge in [0.25, 0.3) is 0 Å². The van der Waals surface area contributed by atoms with Gasteiger partial charge in [0.05, 0.1) is 12.3 Å². The second kappa shape index (κ2) is 13.3. The number of rotatable bonds is 9. The highest BCUT2D eigenvalue weighted by molar-refractivity contribution is 6.30. The molecular formula is C30H40ClN3O2. The molecule has 194 valence electrons. The van der Waals surface area contributed by atoms with Crippen LogP contribution in [0, 0.1) is 0 Å². The van der Waals surface area contributed by atoms with Crippen molar-refractivity contribution in [1.29, 1.82) is 0 Å². The van der Waals surface area contributed by atoms with E-state index >= 15 is 0 Å². The van der Waals surface area contributed by atoms with Gasteiger partial charge in [-0.15, -0.1) is 0 Å². The van der Waals surface area contributed by atoms with Crippen LogP contribution in [0.25, 0.3) is 5.57 Å². The number of nitrogens with zero attached hydrogens (tertiary/aromatic N) is 3.